The Labute approximate surface area is 174 Å². The van der Waals surface area contributed by atoms with E-state index in [0.717, 1.165) is 0 Å². The molecule has 33 heavy (non-hydrogen) atoms. The summed E-state index contributed by atoms with van der Waals surface area (Å²) < 4.78 is 222. The Kier molecular flexibility index (Phi) is 8.89. The maximum atomic E-state index is 13.5. The van der Waals surface area contributed by atoms with E-state index < -0.39 is 60.1 Å². The minimum absolute atomic E-state index is 0.00460. The van der Waals surface area contributed by atoms with Crippen LogP contribution in [0.15, 0.2) is 12.2 Å². The molecule has 0 rings (SSSR count). The molecule has 0 fully saturated rings. The molecule has 0 amide bonds. The Bertz CT molecular complexity index is 671. The first-order chi connectivity index (χ1) is 14.3. The molecule has 0 aromatic heterocycles. The summed E-state index contributed by atoms with van der Waals surface area (Å²) in [6.07, 6.45) is -7.92. The van der Waals surface area contributed by atoms with E-state index in [-0.39, 0.29) is 12.5 Å². The van der Waals surface area contributed by atoms with Gasteiger partial charge in [-0.05, 0) is 18.9 Å². The van der Waals surface area contributed by atoms with Gasteiger partial charge in [0.1, 0.15) is 0 Å². The van der Waals surface area contributed by atoms with Crippen molar-refractivity contribution in [2.45, 2.75) is 86.7 Å². The van der Waals surface area contributed by atoms with Crippen LogP contribution in [-0.2, 0) is 0 Å². The van der Waals surface area contributed by atoms with Crippen molar-refractivity contribution in [2.24, 2.45) is 0 Å². The average molecular weight is 530 g/mol. The molecule has 0 N–H and O–H groups in total. The van der Waals surface area contributed by atoms with Gasteiger partial charge in [-0.3, -0.25) is 0 Å². The SMILES string of the molecule is CCCCCCC=CC(F)(F)C(F)(F)C(F)(F)C(F)(F)C(F)(F)C(F)(F)C(F)(F)C(F)(F)F. The van der Waals surface area contributed by atoms with Gasteiger partial charge in [0.2, 0.25) is 0 Å². The van der Waals surface area contributed by atoms with Gasteiger partial charge in [-0.1, -0.05) is 32.3 Å². The number of alkyl halides is 17. The van der Waals surface area contributed by atoms with E-state index in [2.05, 4.69) is 0 Å². The number of allylic oxidation sites excluding steroid dienone is 2. The highest BCUT2D eigenvalue weighted by molar-refractivity contribution is 5.17. The molecule has 0 aliphatic carbocycles. The van der Waals surface area contributed by atoms with Gasteiger partial charge in [-0.2, -0.15) is 74.6 Å². The molecule has 0 atom stereocenters. The minimum atomic E-state index is -8.59. The Morgan fingerprint density at radius 1 is 0.455 bits per heavy atom. The maximum Gasteiger partial charge on any atom is 0.460 e. The summed E-state index contributed by atoms with van der Waals surface area (Å²) >= 11 is 0. The number of halogens is 17. The van der Waals surface area contributed by atoms with Crippen molar-refractivity contribution in [3.63, 3.8) is 0 Å². The largest absolute Gasteiger partial charge is 0.460 e. The molecule has 0 spiro atoms. The predicted molar refractivity (Wildman–Crippen MR) is 78.6 cm³/mol. The van der Waals surface area contributed by atoms with Crippen LogP contribution < -0.4 is 0 Å². The van der Waals surface area contributed by atoms with Crippen LogP contribution in [0, 0.1) is 0 Å². The first-order valence-electron chi connectivity index (χ1n) is 8.70. The zero-order chi connectivity index (χ0) is 26.9. The molecule has 17 heteroatoms. The maximum absolute atomic E-state index is 13.5. The van der Waals surface area contributed by atoms with E-state index in [1.54, 1.807) is 6.92 Å². The van der Waals surface area contributed by atoms with Crippen molar-refractivity contribution in [3.05, 3.63) is 12.2 Å². The minimum Gasteiger partial charge on any atom is -0.195 e. The molecule has 0 aliphatic rings. The summed E-state index contributed by atoms with van der Waals surface area (Å²) in [5.74, 6) is -56.1. The lowest BCUT2D eigenvalue weighted by molar-refractivity contribution is -0.459. The van der Waals surface area contributed by atoms with Gasteiger partial charge < -0.3 is 0 Å². The van der Waals surface area contributed by atoms with Gasteiger partial charge in [0.05, 0.1) is 0 Å². The van der Waals surface area contributed by atoms with E-state index in [1.807, 2.05) is 0 Å². The fourth-order valence-corrected chi connectivity index (χ4v) is 2.20. The topological polar surface area (TPSA) is 0 Å². The van der Waals surface area contributed by atoms with Crippen molar-refractivity contribution in [1.82, 2.24) is 0 Å². The molecule has 0 nitrogen and oxygen atoms in total. The van der Waals surface area contributed by atoms with Crippen molar-refractivity contribution in [3.8, 4) is 0 Å². The lowest BCUT2D eigenvalue weighted by Gasteiger charge is -2.42. The summed E-state index contributed by atoms with van der Waals surface area (Å²) in [6.45, 7) is 1.69. The van der Waals surface area contributed by atoms with Gasteiger partial charge in [0, 0.05) is 0 Å². The molecule has 0 radical (unpaired) electrons. The second kappa shape index (κ2) is 9.30. The smallest absolute Gasteiger partial charge is 0.195 e. The van der Waals surface area contributed by atoms with Crippen LogP contribution in [0.3, 0.4) is 0 Å². The van der Waals surface area contributed by atoms with E-state index in [1.165, 1.54) is 0 Å². The monoisotopic (exact) mass is 530 g/mol. The Morgan fingerprint density at radius 3 is 1.18 bits per heavy atom. The normalized spacial score (nSPS) is 16.1. The van der Waals surface area contributed by atoms with Crippen molar-refractivity contribution in [1.29, 1.82) is 0 Å². The number of hydrogen-bond acceptors (Lipinski definition) is 0. The summed E-state index contributed by atoms with van der Waals surface area (Å²) in [4.78, 5) is 0. The Hall–Kier alpha value is -1.45. The lowest BCUT2D eigenvalue weighted by Crippen LogP contribution is -2.74. The zero-order valence-electron chi connectivity index (χ0n) is 16.1. The van der Waals surface area contributed by atoms with Crippen LogP contribution in [0.1, 0.15) is 39.0 Å². The second-order valence-corrected chi connectivity index (χ2v) is 6.82. The van der Waals surface area contributed by atoms with Crippen LogP contribution in [0.2, 0.25) is 0 Å². The third kappa shape index (κ3) is 5.00. The molecule has 0 aromatic rings. The highest BCUT2D eigenvalue weighted by Crippen LogP contribution is 2.64. The second-order valence-electron chi connectivity index (χ2n) is 6.82. The van der Waals surface area contributed by atoms with E-state index in [9.17, 15) is 74.6 Å². The first-order valence-corrected chi connectivity index (χ1v) is 8.70. The van der Waals surface area contributed by atoms with Crippen LogP contribution in [0.25, 0.3) is 0 Å². The van der Waals surface area contributed by atoms with E-state index in [0.29, 0.717) is 19.3 Å². The molecular weight excluding hydrogens is 515 g/mol. The number of hydrogen-bond donors (Lipinski definition) is 0. The summed E-state index contributed by atoms with van der Waals surface area (Å²) in [5, 5.41) is 0. The fraction of sp³-hybridized carbons (Fsp3) is 0.875. The van der Waals surface area contributed by atoms with Crippen LogP contribution in [0.5, 0.6) is 0 Å². The number of rotatable bonds is 12. The summed E-state index contributed by atoms with van der Waals surface area (Å²) in [5.41, 5.74) is 0. The van der Waals surface area contributed by atoms with Gasteiger partial charge in [-0.15, -0.1) is 0 Å². The Balaban J connectivity index is 6.29. The average Bonchev–Trinajstić information content (AvgIpc) is 2.62. The Morgan fingerprint density at radius 2 is 0.818 bits per heavy atom. The van der Waals surface area contributed by atoms with Gasteiger partial charge in [-0.25, -0.2) is 0 Å². The molecule has 0 aliphatic heterocycles. The zero-order valence-corrected chi connectivity index (χ0v) is 16.1. The van der Waals surface area contributed by atoms with Crippen molar-refractivity contribution < 1.29 is 74.6 Å². The molecule has 0 bridgehead atoms. The number of unbranched alkanes of at least 4 members (excludes halogenated alkanes) is 4. The molecule has 0 unspecified atom stereocenters. The quantitative estimate of drug-likeness (QED) is 0.135. The third-order valence-corrected chi connectivity index (χ3v) is 4.30. The molecule has 198 valence electrons. The molecule has 0 saturated carbocycles. The van der Waals surface area contributed by atoms with Gasteiger partial charge >= 0.3 is 47.6 Å². The van der Waals surface area contributed by atoms with Gasteiger partial charge in [0.15, 0.2) is 0 Å². The molecule has 0 aromatic carbocycles. The van der Waals surface area contributed by atoms with Crippen molar-refractivity contribution in [2.75, 3.05) is 0 Å². The van der Waals surface area contributed by atoms with Crippen LogP contribution >= 0.6 is 0 Å². The van der Waals surface area contributed by atoms with Gasteiger partial charge in [0.25, 0.3) is 0 Å². The fourth-order valence-electron chi connectivity index (χ4n) is 2.20. The lowest BCUT2D eigenvalue weighted by atomic mass is 9.89. The summed E-state index contributed by atoms with van der Waals surface area (Å²) in [6, 6.07) is 0. The van der Waals surface area contributed by atoms with E-state index in [4.69, 9.17) is 0 Å². The predicted octanol–water partition coefficient (Wildman–Crippen LogP) is 8.52. The van der Waals surface area contributed by atoms with E-state index >= 15 is 0 Å². The highest BCUT2D eigenvalue weighted by Gasteiger charge is 2.95. The first kappa shape index (κ1) is 31.6. The summed E-state index contributed by atoms with van der Waals surface area (Å²) in [7, 11) is 0. The molecule has 0 heterocycles. The van der Waals surface area contributed by atoms with Crippen LogP contribution in [0.4, 0.5) is 74.6 Å². The standard InChI is InChI=1S/C16H15F17/c1-2-3-4-5-6-7-8-9(17,18)10(19,20)11(21,22)12(23,24)13(25,26)14(27,28)15(29,30)16(31,32)33/h7-8H,2-6H2,1H3. The van der Waals surface area contributed by atoms with Crippen molar-refractivity contribution >= 4 is 0 Å². The molecule has 0 saturated heterocycles. The van der Waals surface area contributed by atoms with Crippen LogP contribution in [-0.4, -0.2) is 47.6 Å². The highest BCUT2D eigenvalue weighted by atomic mass is 19.4. The third-order valence-electron chi connectivity index (χ3n) is 4.30. The molecular formula is C16H15F17.